The fourth-order valence-corrected chi connectivity index (χ4v) is 3.73. The number of rotatable bonds is 3. The maximum absolute atomic E-state index is 12.4. The van der Waals surface area contributed by atoms with E-state index in [2.05, 4.69) is 11.6 Å². The Kier molecular flexibility index (Phi) is 4.25. The minimum atomic E-state index is -3.48. The van der Waals surface area contributed by atoms with Crippen LogP contribution < -0.4 is 10.5 Å². The van der Waals surface area contributed by atoms with Crippen molar-refractivity contribution in [3.63, 3.8) is 0 Å². The summed E-state index contributed by atoms with van der Waals surface area (Å²) in [4.78, 5) is 0. The van der Waals surface area contributed by atoms with E-state index in [0.717, 1.165) is 24.0 Å². The van der Waals surface area contributed by atoms with E-state index in [0.29, 0.717) is 30.4 Å². The van der Waals surface area contributed by atoms with E-state index >= 15 is 0 Å². The van der Waals surface area contributed by atoms with Crippen LogP contribution in [0.2, 0.25) is 0 Å². The molecule has 1 aromatic carbocycles. The van der Waals surface area contributed by atoms with Crippen molar-refractivity contribution in [2.45, 2.75) is 33.6 Å². The summed E-state index contributed by atoms with van der Waals surface area (Å²) in [5.74, 6) is 0.596. The molecule has 1 saturated heterocycles. The predicted molar refractivity (Wildman–Crippen MR) is 82.8 cm³/mol. The Labute approximate surface area is 121 Å². The quantitative estimate of drug-likeness (QED) is 0.840. The number of benzene rings is 1. The SMILES string of the molecule is Cc1cc(C)c(NS(=O)(=O)N2CCC(C)CC2)cc1N. The topological polar surface area (TPSA) is 75.4 Å². The van der Waals surface area contributed by atoms with Gasteiger partial charge in [-0.3, -0.25) is 4.72 Å². The first kappa shape index (κ1) is 15.1. The van der Waals surface area contributed by atoms with E-state index in [-0.39, 0.29) is 0 Å². The summed E-state index contributed by atoms with van der Waals surface area (Å²) in [6.45, 7) is 7.10. The number of hydrogen-bond donors (Lipinski definition) is 2. The molecule has 20 heavy (non-hydrogen) atoms. The first-order valence-corrected chi connectivity index (χ1v) is 8.38. The molecule has 0 aromatic heterocycles. The molecule has 0 radical (unpaired) electrons. The zero-order chi connectivity index (χ0) is 14.9. The van der Waals surface area contributed by atoms with Gasteiger partial charge in [-0.25, -0.2) is 0 Å². The van der Waals surface area contributed by atoms with E-state index in [1.54, 1.807) is 6.07 Å². The molecule has 2 rings (SSSR count). The monoisotopic (exact) mass is 297 g/mol. The van der Waals surface area contributed by atoms with Crippen LogP contribution >= 0.6 is 0 Å². The third-order valence-corrected chi connectivity index (χ3v) is 5.46. The molecular formula is C14H23N3O2S. The van der Waals surface area contributed by atoms with Crippen molar-refractivity contribution in [1.29, 1.82) is 0 Å². The van der Waals surface area contributed by atoms with Crippen LogP contribution in [0.25, 0.3) is 0 Å². The van der Waals surface area contributed by atoms with Crippen LogP contribution in [0, 0.1) is 19.8 Å². The number of hydrogen-bond acceptors (Lipinski definition) is 3. The lowest BCUT2D eigenvalue weighted by molar-refractivity contribution is 0.289. The number of aryl methyl sites for hydroxylation is 2. The molecule has 0 aliphatic carbocycles. The minimum Gasteiger partial charge on any atom is -0.398 e. The molecule has 0 saturated carbocycles. The van der Waals surface area contributed by atoms with Gasteiger partial charge in [0.1, 0.15) is 0 Å². The molecule has 0 amide bonds. The van der Waals surface area contributed by atoms with Crippen molar-refractivity contribution in [2.75, 3.05) is 23.5 Å². The molecule has 0 unspecified atom stereocenters. The molecule has 0 atom stereocenters. The smallest absolute Gasteiger partial charge is 0.301 e. The highest BCUT2D eigenvalue weighted by atomic mass is 32.2. The number of nitrogens with zero attached hydrogens (tertiary/aromatic N) is 1. The summed E-state index contributed by atoms with van der Waals surface area (Å²) >= 11 is 0. The maximum Gasteiger partial charge on any atom is 0.301 e. The van der Waals surface area contributed by atoms with Gasteiger partial charge in [0.2, 0.25) is 0 Å². The van der Waals surface area contributed by atoms with E-state index in [9.17, 15) is 8.42 Å². The molecule has 1 aliphatic rings. The van der Waals surface area contributed by atoms with Gasteiger partial charge < -0.3 is 5.73 Å². The summed E-state index contributed by atoms with van der Waals surface area (Å²) in [6, 6.07) is 3.58. The highest BCUT2D eigenvalue weighted by Gasteiger charge is 2.26. The van der Waals surface area contributed by atoms with Gasteiger partial charge in [0.15, 0.2) is 0 Å². The highest BCUT2D eigenvalue weighted by molar-refractivity contribution is 7.90. The average Bonchev–Trinajstić information content (AvgIpc) is 2.36. The molecule has 1 fully saturated rings. The Morgan fingerprint density at radius 2 is 1.80 bits per heavy atom. The Balaban J connectivity index is 2.18. The van der Waals surface area contributed by atoms with Gasteiger partial charge >= 0.3 is 10.2 Å². The molecule has 6 heteroatoms. The summed E-state index contributed by atoms with van der Waals surface area (Å²) in [5, 5.41) is 0. The second-order valence-corrected chi connectivity index (χ2v) is 7.38. The molecule has 0 bridgehead atoms. The summed E-state index contributed by atoms with van der Waals surface area (Å²) in [6.07, 6.45) is 1.83. The van der Waals surface area contributed by atoms with Gasteiger partial charge in [0.25, 0.3) is 0 Å². The van der Waals surface area contributed by atoms with Crippen LogP contribution in [0.3, 0.4) is 0 Å². The number of anilines is 2. The van der Waals surface area contributed by atoms with Crippen LogP contribution in [0.15, 0.2) is 12.1 Å². The van der Waals surface area contributed by atoms with Gasteiger partial charge in [0.05, 0.1) is 5.69 Å². The van der Waals surface area contributed by atoms with Crippen LogP contribution in [-0.2, 0) is 10.2 Å². The minimum absolute atomic E-state index is 0.562. The first-order chi connectivity index (χ1) is 9.29. The standard InChI is InChI=1S/C14H23N3O2S/c1-10-4-6-17(7-5-10)20(18,19)16-14-9-13(15)11(2)8-12(14)3/h8-10,16H,4-7,15H2,1-3H3. The largest absolute Gasteiger partial charge is 0.398 e. The summed E-state index contributed by atoms with van der Waals surface area (Å²) in [7, 11) is -3.48. The number of nitrogens with two attached hydrogens (primary N) is 1. The molecular weight excluding hydrogens is 274 g/mol. The van der Waals surface area contributed by atoms with Gasteiger partial charge in [-0.15, -0.1) is 0 Å². The van der Waals surface area contributed by atoms with Crippen molar-refractivity contribution in [3.05, 3.63) is 23.3 Å². The zero-order valence-corrected chi connectivity index (χ0v) is 13.1. The second-order valence-electron chi connectivity index (χ2n) is 5.71. The number of piperidine rings is 1. The second kappa shape index (κ2) is 5.61. The van der Waals surface area contributed by atoms with Crippen molar-refractivity contribution in [1.82, 2.24) is 4.31 Å². The number of nitrogen functional groups attached to an aromatic ring is 1. The fourth-order valence-electron chi connectivity index (χ4n) is 2.41. The molecule has 3 N–H and O–H groups in total. The third kappa shape index (κ3) is 3.24. The normalized spacial score (nSPS) is 18.1. The van der Waals surface area contributed by atoms with Crippen LogP contribution in [0.5, 0.6) is 0 Å². The Morgan fingerprint density at radius 1 is 1.20 bits per heavy atom. The van der Waals surface area contributed by atoms with Gasteiger partial charge in [-0.05, 0) is 49.8 Å². The molecule has 1 aromatic rings. The maximum atomic E-state index is 12.4. The van der Waals surface area contributed by atoms with E-state index in [1.165, 1.54) is 4.31 Å². The van der Waals surface area contributed by atoms with Crippen LogP contribution in [0.4, 0.5) is 11.4 Å². The van der Waals surface area contributed by atoms with Crippen molar-refractivity contribution in [2.24, 2.45) is 5.92 Å². The number of nitrogens with one attached hydrogen (secondary N) is 1. The fraction of sp³-hybridized carbons (Fsp3) is 0.571. The molecule has 112 valence electrons. The Morgan fingerprint density at radius 3 is 2.40 bits per heavy atom. The molecule has 1 aliphatic heterocycles. The molecule has 0 spiro atoms. The van der Waals surface area contributed by atoms with E-state index in [4.69, 9.17) is 5.73 Å². The third-order valence-electron chi connectivity index (χ3n) is 3.93. The van der Waals surface area contributed by atoms with Crippen molar-refractivity contribution in [3.8, 4) is 0 Å². The Hall–Kier alpha value is -1.27. The molecule has 5 nitrogen and oxygen atoms in total. The predicted octanol–water partition coefficient (Wildman–Crippen LogP) is 2.27. The lowest BCUT2D eigenvalue weighted by atomic mass is 10.0. The zero-order valence-electron chi connectivity index (χ0n) is 12.3. The average molecular weight is 297 g/mol. The summed E-state index contributed by atoms with van der Waals surface area (Å²) in [5.41, 5.74) is 8.85. The Bertz CT molecular complexity index is 591. The summed E-state index contributed by atoms with van der Waals surface area (Å²) < 4.78 is 28.9. The van der Waals surface area contributed by atoms with Gasteiger partial charge in [0, 0.05) is 18.8 Å². The lowest BCUT2D eigenvalue weighted by Gasteiger charge is -2.29. The first-order valence-electron chi connectivity index (χ1n) is 6.94. The van der Waals surface area contributed by atoms with Crippen molar-refractivity contribution >= 4 is 21.6 Å². The van der Waals surface area contributed by atoms with Crippen molar-refractivity contribution < 1.29 is 8.42 Å². The highest BCUT2D eigenvalue weighted by Crippen LogP contribution is 2.25. The van der Waals surface area contributed by atoms with Gasteiger partial charge in [-0.1, -0.05) is 13.0 Å². The molecule has 1 heterocycles. The van der Waals surface area contributed by atoms with Gasteiger partial charge in [-0.2, -0.15) is 12.7 Å². The van der Waals surface area contributed by atoms with E-state index in [1.807, 2.05) is 19.9 Å². The van der Waals surface area contributed by atoms with E-state index < -0.39 is 10.2 Å². The lowest BCUT2D eigenvalue weighted by Crippen LogP contribution is -2.41. The van der Waals surface area contributed by atoms with Crippen LogP contribution in [-0.4, -0.2) is 25.8 Å². The van der Waals surface area contributed by atoms with Crippen LogP contribution in [0.1, 0.15) is 30.9 Å².